The predicted octanol–water partition coefficient (Wildman–Crippen LogP) is 3.69. The smallest absolute Gasteiger partial charge is 0.247 e. The molecular formula is C33H41IN2O8. The number of methoxy groups -OCH3 is 2. The van der Waals surface area contributed by atoms with Gasteiger partial charge in [0.2, 0.25) is 11.8 Å². The van der Waals surface area contributed by atoms with Crippen LogP contribution in [0.5, 0.6) is 17.2 Å². The molecule has 238 valence electrons. The lowest BCUT2D eigenvalue weighted by molar-refractivity contribution is -0.139. The molecule has 2 aliphatic rings. The van der Waals surface area contributed by atoms with Gasteiger partial charge in [0.1, 0.15) is 24.2 Å². The summed E-state index contributed by atoms with van der Waals surface area (Å²) in [7, 11) is 3.06. The summed E-state index contributed by atoms with van der Waals surface area (Å²) < 4.78 is 18.0. The van der Waals surface area contributed by atoms with E-state index in [9.17, 15) is 24.6 Å². The quantitative estimate of drug-likeness (QED) is 0.199. The van der Waals surface area contributed by atoms with Crippen molar-refractivity contribution in [3.05, 3.63) is 62.7 Å². The molecule has 1 saturated carbocycles. The van der Waals surface area contributed by atoms with E-state index in [4.69, 9.17) is 14.2 Å². The number of aldehydes is 1. The van der Waals surface area contributed by atoms with Gasteiger partial charge in [-0.15, -0.1) is 0 Å². The SMILES string of the molecule is COc1ccccc1CCN(C(=O)CC1CCCC1)C1CC(C(=O)NCCO)=CC(Oc2c(I)cc(C=O)cc2OC)C1O. The molecule has 2 aromatic rings. The van der Waals surface area contributed by atoms with Crippen molar-refractivity contribution in [2.24, 2.45) is 5.92 Å². The maximum atomic E-state index is 14.0. The van der Waals surface area contributed by atoms with Gasteiger partial charge in [0.05, 0.1) is 30.4 Å². The average Bonchev–Trinajstić information content (AvgIpc) is 3.55. The molecule has 1 fully saturated rings. The molecule has 0 spiro atoms. The Morgan fingerprint density at radius 1 is 1.11 bits per heavy atom. The number of hydrogen-bond donors (Lipinski definition) is 3. The number of halogens is 1. The molecule has 2 amide bonds. The highest BCUT2D eigenvalue weighted by molar-refractivity contribution is 14.1. The molecule has 0 aromatic heterocycles. The zero-order chi connectivity index (χ0) is 31.6. The Morgan fingerprint density at radius 3 is 2.52 bits per heavy atom. The van der Waals surface area contributed by atoms with Crippen LogP contribution in [0.3, 0.4) is 0 Å². The van der Waals surface area contributed by atoms with Crippen LogP contribution in [0.15, 0.2) is 48.0 Å². The molecule has 3 atom stereocenters. The summed E-state index contributed by atoms with van der Waals surface area (Å²) in [6.45, 7) is 0.140. The molecule has 0 saturated heterocycles. The molecule has 0 aliphatic heterocycles. The number of rotatable bonds is 14. The molecule has 0 radical (unpaired) electrons. The van der Waals surface area contributed by atoms with E-state index < -0.39 is 24.2 Å². The van der Waals surface area contributed by atoms with Crippen molar-refractivity contribution in [2.75, 3.05) is 33.9 Å². The maximum absolute atomic E-state index is 14.0. The van der Waals surface area contributed by atoms with Crippen LogP contribution in [0.1, 0.15) is 54.4 Å². The minimum atomic E-state index is -1.18. The van der Waals surface area contributed by atoms with Gasteiger partial charge in [-0.3, -0.25) is 14.4 Å². The van der Waals surface area contributed by atoms with Gasteiger partial charge >= 0.3 is 0 Å². The number of hydrogen-bond acceptors (Lipinski definition) is 8. The molecule has 3 N–H and O–H groups in total. The van der Waals surface area contributed by atoms with E-state index in [0.717, 1.165) is 31.2 Å². The summed E-state index contributed by atoms with van der Waals surface area (Å²) in [6.07, 6.45) is 5.24. The van der Waals surface area contributed by atoms with E-state index in [0.29, 0.717) is 57.6 Å². The molecule has 11 heteroatoms. The number of aliphatic hydroxyl groups is 2. The van der Waals surface area contributed by atoms with Gasteiger partial charge in [0, 0.05) is 37.1 Å². The minimum Gasteiger partial charge on any atom is -0.496 e. The van der Waals surface area contributed by atoms with Gasteiger partial charge in [-0.2, -0.15) is 0 Å². The first-order valence-electron chi connectivity index (χ1n) is 15.0. The Balaban J connectivity index is 1.69. The van der Waals surface area contributed by atoms with Crippen molar-refractivity contribution in [2.45, 2.75) is 63.2 Å². The molecular weight excluding hydrogens is 679 g/mol. The first kappa shape index (κ1) is 33.7. The molecule has 4 rings (SSSR count). The molecule has 10 nitrogen and oxygen atoms in total. The molecule has 2 aliphatic carbocycles. The van der Waals surface area contributed by atoms with E-state index in [1.807, 2.05) is 46.9 Å². The standard InChI is InChI=1S/C33H41IN2O8/c1-42-27-10-6-5-9-23(27)11-13-36(30(39)17-21-7-3-4-8-21)26-18-24(33(41)35-12-14-37)19-28(31(26)40)44-32-25(34)15-22(20-38)16-29(32)43-2/h5-6,9-10,15-16,19-21,26,28,31,37,40H,3-4,7-8,11-14,17-18H2,1-2H3,(H,35,41). The van der Waals surface area contributed by atoms with Crippen LogP contribution in [-0.4, -0.2) is 85.4 Å². The van der Waals surface area contributed by atoms with Crippen molar-refractivity contribution in [3.63, 3.8) is 0 Å². The molecule has 44 heavy (non-hydrogen) atoms. The zero-order valence-electron chi connectivity index (χ0n) is 25.2. The normalized spacial score (nSPS) is 20.0. The van der Waals surface area contributed by atoms with Crippen molar-refractivity contribution >= 4 is 40.7 Å². The van der Waals surface area contributed by atoms with E-state index in [2.05, 4.69) is 5.32 Å². The Labute approximate surface area is 271 Å². The molecule has 0 bridgehead atoms. The van der Waals surface area contributed by atoms with Crippen LogP contribution in [0.25, 0.3) is 0 Å². The second-order valence-corrected chi connectivity index (χ2v) is 12.3. The predicted molar refractivity (Wildman–Crippen MR) is 173 cm³/mol. The molecule has 0 heterocycles. The fourth-order valence-corrected chi connectivity index (χ4v) is 6.79. The van der Waals surface area contributed by atoms with Gasteiger partial charge in [0.25, 0.3) is 0 Å². The number of carbonyl (C=O) groups excluding carboxylic acids is 3. The third kappa shape index (κ3) is 8.30. The second-order valence-electron chi connectivity index (χ2n) is 11.2. The minimum absolute atomic E-state index is 0.0614. The molecule has 3 unspecified atom stereocenters. The summed E-state index contributed by atoms with van der Waals surface area (Å²) in [6, 6.07) is 10.0. The summed E-state index contributed by atoms with van der Waals surface area (Å²) in [5.74, 6) is 1.13. The van der Waals surface area contributed by atoms with Crippen molar-refractivity contribution in [1.82, 2.24) is 10.2 Å². The van der Waals surface area contributed by atoms with Crippen LogP contribution >= 0.6 is 22.6 Å². The van der Waals surface area contributed by atoms with Crippen molar-refractivity contribution < 1.29 is 38.8 Å². The van der Waals surface area contributed by atoms with Crippen LogP contribution in [0, 0.1) is 9.49 Å². The first-order valence-corrected chi connectivity index (χ1v) is 16.1. The summed E-state index contributed by atoms with van der Waals surface area (Å²) in [5.41, 5.74) is 1.67. The second kappa shape index (κ2) is 16.2. The topological polar surface area (TPSA) is 135 Å². The first-order chi connectivity index (χ1) is 21.3. The van der Waals surface area contributed by atoms with E-state index in [1.165, 1.54) is 7.11 Å². The maximum Gasteiger partial charge on any atom is 0.247 e. The van der Waals surface area contributed by atoms with Gasteiger partial charge in [-0.05, 0) is 77.6 Å². The van der Waals surface area contributed by atoms with Crippen molar-refractivity contribution in [1.29, 1.82) is 0 Å². The lowest BCUT2D eigenvalue weighted by atomic mass is 9.87. The summed E-state index contributed by atoms with van der Waals surface area (Å²) >= 11 is 2.03. The van der Waals surface area contributed by atoms with E-state index >= 15 is 0 Å². The van der Waals surface area contributed by atoms with Crippen LogP contribution in [-0.2, 0) is 16.0 Å². The number of amides is 2. The largest absolute Gasteiger partial charge is 0.496 e. The highest BCUT2D eigenvalue weighted by atomic mass is 127. The lowest BCUT2D eigenvalue weighted by Gasteiger charge is -2.41. The van der Waals surface area contributed by atoms with Crippen LogP contribution in [0.4, 0.5) is 0 Å². The number of para-hydroxylation sites is 1. The third-order valence-corrected chi connectivity index (χ3v) is 9.13. The Bertz CT molecular complexity index is 1340. The highest BCUT2D eigenvalue weighted by Crippen LogP contribution is 2.37. The van der Waals surface area contributed by atoms with Crippen molar-refractivity contribution in [3.8, 4) is 17.2 Å². The Kier molecular flexibility index (Phi) is 12.4. The number of ether oxygens (including phenoxy) is 3. The van der Waals surface area contributed by atoms with E-state index in [1.54, 1.807) is 30.2 Å². The van der Waals surface area contributed by atoms with Gasteiger partial charge < -0.3 is 34.6 Å². The number of aliphatic hydroxyl groups excluding tert-OH is 2. The lowest BCUT2D eigenvalue weighted by Crippen LogP contribution is -2.55. The number of nitrogens with zero attached hydrogens (tertiary/aromatic N) is 1. The van der Waals surface area contributed by atoms with Gasteiger partial charge in [-0.25, -0.2) is 0 Å². The van der Waals surface area contributed by atoms with Gasteiger partial charge in [0.15, 0.2) is 11.5 Å². The average molecular weight is 721 g/mol. The monoisotopic (exact) mass is 720 g/mol. The number of nitrogens with one attached hydrogen (secondary N) is 1. The number of carbonyl (C=O) groups is 3. The summed E-state index contributed by atoms with van der Waals surface area (Å²) in [4.78, 5) is 40.3. The number of benzene rings is 2. The fourth-order valence-electron chi connectivity index (χ4n) is 6.04. The fraction of sp³-hybridized carbons (Fsp3) is 0.485. The summed E-state index contributed by atoms with van der Waals surface area (Å²) in [5, 5.41) is 23.8. The highest BCUT2D eigenvalue weighted by Gasteiger charge is 2.41. The van der Waals surface area contributed by atoms with E-state index in [-0.39, 0.29) is 31.4 Å². The van der Waals surface area contributed by atoms with Gasteiger partial charge in [-0.1, -0.05) is 31.0 Å². The zero-order valence-corrected chi connectivity index (χ0v) is 27.3. The van der Waals surface area contributed by atoms with Crippen LogP contribution in [0.2, 0.25) is 0 Å². The molecule has 2 aromatic carbocycles. The third-order valence-electron chi connectivity index (χ3n) is 8.33. The Hall–Kier alpha value is -3.16. The van der Waals surface area contributed by atoms with Crippen LogP contribution < -0.4 is 19.5 Å². The Morgan fingerprint density at radius 2 is 1.84 bits per heavy atom.